The van der Waals surface area contributed by atoms with Crippen LogP contribution in [-0.2, 0) is 29.5 Å². The van der Waals surface area contributed by atoms with Crippen LogP contribution in [0.5, 0.6) is 0 Å². The SMILES string of the molecule is CCc1nn(C)c(CN2CCCC3(C2)OCCO3)c1Br. The van der Waals surface area contributed by atoms with Gasteiger partial charge >= 0.3 is 0 Å². The molecule has 0 radical (unpaired) electrons. The standard InChI is InChI=1S/C14H22BrN3O2/c1-3-11-13(15)12(17(2)16-11)9-18-6-4-5-14(10-18)19-7-8-20-14/h3-10H2,1-2H3. The van der Waals surface area contributed by atoms with E-state index in [2.05, 4.69) is 32.9 Å². The fourth-order valence-corrected chi connectivity index (χ4v) is 3.88. The van der Waals surface area contributed by atoms with Crippen molar-refractivity contribution < 1.29 is 9.47 Å². The van der Waals surface area contributed by atoms with Crippen LogP contribution in [0.3, 0.4) is 0 Å². The highest BCUT2D eigenvalue weighted by Crippen LogP contribution is 2.32. The zero-order chi connectivity index (χ0) is 14.2. The van der Waals surface area contributed by atoms with Crippen LogP contribution in [0.2, 0.25) is 0 Å². The van der Waals surface area contributed by atoms with Crippen LogP contribution >= 0.6 is 15.9 Å². The second-order valence-electron chi connectivity index (χ2n) is 5.61. The van der Waals surface area contributed by atoms with E-state index in [-0.39, 0.29) is 5.79 Å². The summed E-state index contributed by atoms with van der Waals surface area (Å²) in [6.07, 6.45) is 3.08. The summed E-state index contributed by atoms with van der Waals surface area (Å²) in [5, 5.41) is 4.56. The maximum atomic E-state index is 5.84. The lowest BCUT2D eigenvalue weighted by molar-refractivity contribution is -0.190. The first kappa shape index (κ1) is 14.5. The molecule has 1 spiro atoms. The van der Waals surface area contributed by atoms with E-state index in [4.69, 9.17) is 9.47 Å². The molecule has 2 aliphatic rings. The lowest BCUT2D eigenvalue weighted by Gasteiger charge is -2.38. The minimum Gasteiger partial charge on any atom is -0.346 e. The molecule has 0 N–H and O–H groups in total. The number of aryl methyl sites for hydroxylation is 2. The fraction of sp³-hybridized carbons (Fsp3) is 0.786. The van der Waals surface area contributed by atoms with Gasteiger partial charge in [-0.1, -0.05) is 6.92 Å². The Morgan fingerprint density at radius 2 is 2.10 bits per heavy atom. The van der Waals surface area contributed by atoms with Gasteiger partial charge in [0.25, 0.3) is 0 Å². The summed E-state index contributed by atoms with van der Waals surface area (Å²) in [5.74, 6) is -0.350. The minimum absolute atomic E-state index is 0.350. The Bertz CT molecular complexity index is 483. The van der Waals surface area contributed by atoms with E-state index in [1.165, 1.54) is 5.69 Å². The van der Waals surface area contributed by atoms with Crippen molar-refractivity contribution in [2.45, 2.75) is 38.5 Å². The highest BCUT2D eigenvalue weighted by atomic mass is 79.9. The van der Waals surface area contributed by atoms with Crippen molar-refractivity contribution in [1.82, 2.24) is 14.7 Å². The van der Waals surface area contributed by atoms with Gasteiger partial charge in [0.2, 0.25) is 0 Å². The number of likely N-dealkylation sites (tertiary alicyclic amines) is 1. The molecule has 2 saturated heterocycles. The van der Waals surface area contributed by atoms with Crippen molar-refractivity contribution in [1.29, 1.82) is 0 Å². The molecule has 3 heterocycles. The average Bonchev–Trinajstić information content (AvgIpc) is 2.98. The summed E-state index contributed by atoms with van der Waals surface area (Å²) in [5.41, 5.74) is 2.36. The maximum absolute atomic E-state index is 5.84. The van der Waals surface area contributed by atoms with E-state index in [1.807, 2.05) is 11.7 Å². The summed E-state index contributed by atoms with van der Waals surface area (Å²) >= 11 is 3.69. The average molecular weight is 344 g/mol. The quantitative estimate of drug-likeness (QED) is 0.842. The molecule has 0 amide bonds. The van der Waals surface area contributed by atoms with E-state index in [0.717, 1.165) is 62.3 Å². The van der Waals surface area contributed by atoms with Gasteiger partial charge in [0.15, 0.2) is 5.79 Å². The number of rotatable bonds is 3. The maximum Gasteiger partial charge on any atom is 0.181 e. The summed E-state index contributed by atoms with van der Waals surface area (Å²) < 4.78 is 14.8. The summed E-state index contributed by atoms with van der Waals surface area (Å²) in [6, 6.07) is 0. The van der Waals surface area contributed by atoms with Crippen molar-refractivity contribution >= 4 is 15.9 Å². The van der Waals surface area contributed by atoms with Crippen molar-refractivity contribution in [3.8, 4) is 0 Å². The van der Waals surface area contributed by atoms with Gasteiger partial charge in [-0.15, -0.1) is 0 Å². The second-order valence-corrected chi connectivity index (χ2v) is 6.40. The molecule has 1 aromatic heterocycles. The van der Waals surface area contributed by atoms with Crippen LogP contribution in [0.4, 0.5) is 0 Å². The zero-order valence-electron chi connectivity index (χ0n) is 12.2. The van der Waals surface area contributed by atoms with Crippen LogP contribution in [0.1, 0.15) is 31.2 Å². The fourth-order valence-electron chi connectivity index (χ4n) is 3.14. The highest BCUT2D eigenvalue weighted by Gasteiger charge is 2.40. The van der Waals surface area contributed by atoms with Gasteiger partial charge < -0.3 is 9.47 Å². The van der Waals surface area contributed by atoms with Crippen molar-refractivity contribution in [3.63, 3.8) is 0 Å². The first-order valence-corrected chi connectivity index (χ1v) is 8.13. The molecule has 2 fully saturated rings. The van der Waals surface area contributed by atoms with Crippen molar-refractivity contribution in [2.75, 3.05) is 26.3 Å². The lowest BCUT2D eigenvalue weighted by Crippen LogP contribution is -2.48. The van der Waals surface area contributed by atoms with Crippen molar-refractivity contribution in [2.24, 2.45) is 7.05 Å². The Kier molecular flexibility index (Phi) is 4.17. The smallest absolute Gasteiger partial charge is 0.181 e. The van der Waals surface area contributed by atoms with Crippen molar-refractivity contribution in [3.05, 3.63) is 15.9 Å². The molecule has 5 nitrogen and oxygen atoms in total. The van der Waals surface area contributed by atoms with Gasteiger partial charge in [0, 0.05) is 20.0 Å². The van der Waals surface area contributed by atoms with Gasteiger partial charge in [-0.3, -0.25) is 9.58 Å². The third kappa shape index (κ3) is 2.66. The van der Waals surface area contributed by atoms with E-state index in [1.54, 1.807) is 0 Å². The lowest BCUT2D eigenvalue weighted by atomic mass is 10.0. The molecular weight excluding hydrogens is 322 g/mol. The summed E-state index contributed by atoms with van der Waals surface area (Å²) in [7, 11) is 2.02. The van der Waals surface area contributed by atoms with Gasteiger partial charge in [-0.2, -0.15) is 5.10 Å². The molecule has 0 aromatic carbocycles. The molecule has 0 unspecified atom stereocenters. The highest BCUT2D eigenvalue weighted by molar-refractivity contribution is 9.10. The molecule has 3 rings (SSSR count). The van der Waals surface area contributed by atoms with Gasteiger partial charge in [0.05, 0.1) is 35.6 Å². The molecule has 0 atom stereocenters. The normalized spacial score (nSPS) is 22.8. The Labute approximate surface area is 128 Å². The zero-order valence-corrected chi connectivity index (χ0v) is 13.8. The van der Waals surface area contributed by atoms with Gasteiger partial charge in [-0.25, -0.2) is 0 Å². The number of nitrogens with zero attached hydrogens (tertiary/aromatic N) is 3. The third-order valence-electron chi connectivity index (χ3n) is 4.19. The van der Waals surface area contributed by atoms with Gasteiger partial charge in [-0.05, 0) is 35.3 Å². The van der Waals surface area contributed by atoms with E-state index in [9.17, 15) is 0 Å². The summed E-state index contributed by atoms with van der Waals surface area (Å²) in [6.45, 7) is 6.41. The number of halogens is 1. The molecule has 0 saturated carbocycles. The predicted molar refractivity (Wildman–Crippen MR) is 79.4 cm³/mol. The predicted octanol–water partition coefficient (Wildman–Crippen LogP) is 2.08. The van der Waals surface area contributed by atoms with Crippen LogP contribution in [-0.4, -0.2) is 46.8 Å². The molecule has 0 bridgehead atoms. The molecular formula is C14H22BrN3O2. The monoisotopic (exact) mass is 343 g/mol. The summed E-state index contributed by atoms with van der Waals surface area (Å²) in [4.78, 5) is 2.41. The third-order valence-corrected chi connectivity index (χ3v) is 5.10. The first-order chi connectivity index (χ1) is 9.63. The first-order valence-electron chi connectivity index (χ1n) is 7.34. The van der Waals surface area contributed by atoms with Crippen LogP contribution < -0.4 is 0 Å². The topological polar surface area (TPSA) is 39.5 Å². The number of piperidine rings is 1. The van der Waals surface area contributed by atoms with Gasteiger partial charge in [0.1, 0.15) is 0 Å². The number of hydrogen-bond acceptors (Lipinski definition) is 4. The number of hydrogen-bond donors (Lipinski definition) is 0. The Morgan fingerprint density at radius 1 is 1.35 bits per heavy atom. The molecule has 6 heteroatoms. The largest absolute Gasteiger partial charge is 0.346 e. The Hall–Kier alpha value is -0.430. The Balaban J connectivity index is 1.73. The Morgan fingerprint density at radius 3 is 2.75 bits per heavy atom. The molecule has 2 aliphatic heterocycles. The molecule has 20 heavy (non-hydrogen) atoms. The van der Waals surface area contributed by atoms with E-state index >= 15 is 0 Å². The van der Waals surface area contributed by atoms with Crippen LogP contribution in [0.15, 0.2) is 4.47 Å². The van der Waals surface area contributed by atoms with E-state index in [0.29, 0.717) is 0 Å². The number of aromatic nitrogens is 2. The van der Waals surface area contributed by atoms with Crippen LogP contribution in [0.25, 0.3) is 0 Å². The molecule has 112 valence electrons. The van der Waals surface area contributed by atoms with Crippen LogP contribution in [0, 0.1) is 0 Å². The molecule has 1 aromatic rings. The number of ether oxygens (including phenoxy) is 2. The second kappa shape index (κ2) is 5.75. The minimum atomic E-state index is -0.350. The molecule has 0 aliphatic carbocycles. The van der Waals surface area contributed by atoms with E-state index < -0.39 is 0 Å².